The summed E-state index contributed by atoms with van der Waals surface area (Å²) >= 11 is 0. The van der Waals surface area contributed by atoms with Crippen LogP contribution in [0.5, 0.6) is 0 Å². The van der Waals surface area contributed by atoms with Crippen LogP contribution in [0.15, 0.2) is 28.0 Å². The van der Waals surface area contributed by atoms with Gasteiger partial charge in [-0.2, -0.15) is 13.2 Å². The van der Waals surface area contributed by atoms with E-state index in [9.17, 15) is 13.2 Å². The first-order chi connectivity index (χ1) is 9.34. The van der Waals surface area contributed by atoms with Crippen LogP contribution in [0.25, 0.3) is 6.08 Å². The van der Waals surface area contributed by atoms with Crippen molar-refractivity contribution < 1.29 is 13.2 Å². The number of halogens is 4. The highest BCUT2D eigenvalue weighted by molar-refractivity contribution is 8.54. The Morgan fingerprint density at radius 2 is 1.90 bits per heavy atom. The van der Waals surface area contributed by atoms with Crippen LogP contribution in [0.4, 0.5) is 13.2 Å². The smallest absolute Gasteiger partial charge is 0.160 e. The molecule has 1 unspecified atom stereocenters. The fourth-order valence-corrected chi connectivity index (χ4v) is 5.47. The van der Waals surface area contributed by atoms with E-state index in [0.717, 1.165) is 18.4 Å². The molecule has 0 saturated carbocycles. The number of hydrogen-bond donors (Lipinski definition) is 0. The number of allylic oxidation sites excluding steroid dienone is 1. The molecule has 20 heavy (non-hydrogen) atoms. The van der Waals surface area contributed by atoms with Gasteiger partial charge < -0.3 is 0 Å². The summed E-state index contributed by atoms with van der Waals surface area (Å²) in [6, 6.07) is 5.29. The number of aryl methyl sites for hydroxylation is 1. The molecule has 1 aliphatic heterocycles. The lowest BCUT2D eigenvalue weighted by molar-refractivity contribution is -0.0359. The normalized spacial score (nSPS) is 25.0. The van der Waals surface area contributed by atoms with Crippen LogP contribution in [-0.4, -0.2) is 5.51 Å². The molecule has 1 heterocycles. The topological polar surface area (TPSA) is 0 Å². The van der Waals surface area contributed by atoms with E-state index < -0.39 is 14.7 Å². The first kappa shape index (κ1) is 15.8. The van der Waals surface area contributed by atoms with Gasteiger partial charge >= 0.3 is 5.51 Å². The Morgan fingerprint density at radius 3 is 2.45 bits per heavy atom. The highest BCUT2D eigenvalue weighted by Gasteiger charge is 2.55. The molecule has 1 atom stereocenters. The van der Waals surface area contributed by atoms with Crippen molar-refractivity contribution >= 4 is 26.0 Å². The quantitative estimate of drug-likeness (QED) is 0.583. The van der Waals surface area contributed by atoms with Gasteiger partial charge in [-0.3, -0.25) is 0 Å². The van der Waals surface area contributed by atoms with E-state index in [1.54, 1.807) is 18.2 Å². The van der Waals surface area contributed by atoms with Crippen LogP contribution in [0.3, 0.4) is 0 Å². The number of hydrogen-bond acceptors (Lipinski definition) is 0. The zero-order valence-electron chi connectivity index (χ0n) is 11.6. The number of rotatable bonds is 4. The summed E-state index contributed by atoms with van der Waals surface area (Å²) in [5.74, 6) is 0. The average molecular weight is 323 g/mol. The third kappa shape index (κ3) is 2.48. The van der Waals surface area contributed by atoms with Crippen molar-refractivity contribution in [3.05, 3.63) is 34.2 Å². The number of fused-ring (bicyclic) bond motifs is 1. The molecule has 0 amide bonds. The van der Waals surface area contributed by atoms with Crippen molar-refractivity contribution in [1.82, 2.24) is 0 Å². The molecule has 0 N–H and O–H groups in total. The molecule has 0 fully saturated rings. The second kappa shape index (κ2) is 5.64. The monoisotopic (exact) mass is 322 g/mol. The SMILES string of the molecule is CCCCC1=Cc2ccc(CC)cc2S1(Cl)C(F)(F)F. The van der Waals surface area contributed by atoms with Gasteiger partial charge in [-0.1, -0.05) is 32.4 Å². The van der Waals surface area contributed by atoms with Gasteiger partial charge in [0.15, 0.2) is 0 Å². The van der Waals surface area contributed by atoms with Crippen molar-refractivity contribution in [3.63, 3.8) is 0 Å². The molecule has 0 nitrogen and oxygen atoms in total. The molecule has 1 aromatic rings. The van der Waals surface area contributed by atoms with Gasteiger partial charge in [-0.05, 0) is 67.4 Å². The fraction of sp³-hybridized carbons (Fsp3) is 0.467. The Morgan fingerprint density at radius 1 is 1.20 bits per heavy atom. The third-order valence-corrected chi connectivity index (χ3v) is 7.82. The largest absolute Gasteiger partial charge is 0.445 e. The molecular weight excluding hydrogens is 305 g/mol. The Labute approximate surface area is 123 Å². The minimum atomic E-state index is -4.40. The zero-order chi connectivity index (χ0) is 15.0. The molecule has 0 saturated heterocycles. The second-order valence-corrected chi connectivity index (χ2v) is 8.81. The highest BCUT2D eigenvalue weighted by atomic mass is 35.7. The molecule has 0 bridgehead atoms. The van der Waals surface area contributed by atoms with Crippen LogP contribution in [0.2, 0.25) is 0 Å². The van der Waals surface area contributed by atoms with Crippen LogP contribution in [0.1, 0.15) is 44.2 Å². The van der Waals surface area contributed by atoms with Crippen LogP contribution in [-0.2, 0) is 6.42 Å². The first-order valence-electron chi connectivity index (χ1n) is 6.77. The molecule has 0 aliphatic carbocycles. The first-order valence-corrected chi connectivity index (χ1v) is 9.23. The maximum Gasteiger partial charge on any atom is 0.445 e. The molecule has 112 valence electrons. The van der Waals surface area contributed by atoms with Gasteiger partial charge in [0.1, 0.15) is 0 Å². The van der Waals surface area contributed by atoms with Gasteiger partial charge in [0.2, 0.25) is 0 Å². The summed E-state index contributed by atoms with van der Waals surface area (Å²) in [6.45, 7) is 3.90. The minimum absolute atomic E-state index is 0.275. The predicted molar refractivity (Wildman–Crippen MR) is 81.1 cm³/mol. The summed E-state index contributed by atoms with van der Waals surface area (Å²) in [5, 5.41) is 0. The summed E-state index contributed by atoms with van der Waals surface area (Å²) in [6.07, 6.45) is 4.38. The van der Waals surface area contributed by atoms with Crippen LogP contribution in [0, 0.1) is 0 Å². The van der Waals surface area contributed by atoms with Gasteiger partial charge in [0.25, 0.3) is 0 Å². The Kier molecular flexibility index (Phi) is 4.45. The summed E-state index contributed by atoms with van der Waals surface area (Å²) < 4.78 is 40.8. The van der Waals surface area contributed by atoms with Gasteiger partial charge in [-0.15, -0.1) is 0 Å². The standard InChI is InChI=1S/C15H18ClF3S/c1-3-5-6-13-10-12-8-7-11(4-2)9-14(12)20(13,16)15(17,18)19/h7-10H,3-6H2,1-2H3. The molecule has 1 aliphatic rings. The second-order valence-electron chi connectivity index (χ2n) is 4.92. The predicted octanol–water partition coefficient (Wildman–Crippen LogP) is 6.63. The van der Waals surface area contributed by atoms with Crippen molar-refractivity contribution in [2.75, 3.05) is 0 Å². The lowest BCUT2D eigenvalue weighted by Crippen LogP contribution is -2.16. The van der Waals surface area contributed by atoms with E-state index in [-0.39, 0.29) is 4.90 Å². The molecule has 1 aromatic carbocycles. The van der Waals surface area contributed by atoms with Crippen molar-refractivity contribution in [1.29, 1.82) is 0 Å². The van der Waals surface area contributed by atoms with E-state index in [2.05, 4.69) is 0 Å². The lowest BCUT2D eigenvalue weighted by Gasteiger charge is -2.34. The van der Waals surface area contributed by atoms with Crippen molar-refractivity contribution in [2.45, 2.75) is 49.9 Å². The maximum atomic E-state index is 13.6. The number of alkyl halides is 3. The van der Waals surface area contributed by atoms with Crippen molar-refractivity contribution in [2.24, 2.45) is 0 Å². The third-order valence-electron chi connectivity index (χ3n) is 3.56. The van der Waals surface area contributed by atoms with Gasteiger partial charge in [0, 0.05) is 4.90 Å². The molecule has 2 rings (SSSR count). The van der Waals surface area contributed by atoms with E-state index in [1.807, 2.05) is 19.9 Å². The van der Waals surface area contributed by atoms with Crippen molar-refractivity contribution in [3.8, 4) is 0 Å². The lowest BCUT2D eigenvalue weighted by atomic mass is 10.1. The van der Waals surface area contributed by atoms with E-state index >= 15 is 0 Å². The Hall–Kier alpha value is -0.610. The van der Waals surface area contributed by atoms with Gasteiger partial charge in [0.05, 0.1) is 0 Å². The minimum Gasteiger partial charge on any atom is -0.160 e. The fourth-order valence-electron chi connectivity index (χ4n) is 2.39. The molecule has 0 aromatic heterocycles. The summed E-state index contributed by atoms with van der Waals surface area (Å²) in [5.41, 5.74) is -2.86. The van der Waals surface area contributed by atoms with E-state index in [1.165, 1.54) is 0 Å². The zero-order valence-corrected chi connectivity index (χ0v) is 13.1. The highest BCUT2D eigenvalue weighted by Crippen LogP contribution is 2.80. The molecule has 0 radical (unpaired) electrons. The molecule has 5 heteroatoms. The summed E-state index contributed by atoms with van der Waals surface area (Å²) in [7, 11) is 2.81. The summed E-state index contributed by atoms with van der Waals surface area (Å²) in [4.78, 5) is 0.633. The Bertz CT molecular complexity index is 536. The molecular formula is C15H18ClF3S. The van der Waals surface area contributed by atoms with E-state index in [4.69, 9.17) is 10.7 Å². The van der Waals surface area contributed by atoms with E-state index in [0.29, 0.717) is 23.3 Å². The average Bonchev–Trinajstić information content (AvgIpc) is 2.69. The Balaban J connectivity index is 2.53. The number of unbranched alkanes of at least 4 members (excludes halogenated alkanes) is 1. The maximum absolute atomic E-state index is 13.6. The van der Waals surface area contributed by atoms with Crippen LogP contribution < -0.4 is 0 Å². The molecule has 0 spiro atoms. The number of benzene rings is 1. The van der Waals surface area contributed by atoms with Gasteiger partial charge in [-0.25, -0.2) is 0 Å². The van der Waals surface area contributed by atoms with Crippen LogP contribution >= 0.6 is 19.9 Å².